The number of sulfonamides is 3. The average molecular weight is 1340 g/mol. The number of piperidine rings is 3. The lowest BCUT2D eigenvalue weighted by Crippen LogP contribution is -2.47. The third-order valence-electron chi connectivity index (χ3n) is 15.2. The molecule has 0 aromatic carbocycles. The predicted molar refractivity (Wildman–Crippen MR) is 339 cm³/mol. The van der Waals surface area contributed by atoms with Crippen molar-refractivity contribution in [3.05, 3.63) is 106 Å². The van der Waals surface area contributed by atoms with Gasteiger partial charge in [-0.25, -0.2) is 83.3 Å². The van der Waals surface area contributed by atoms with Crippen LogP contribution in [0.3, 0.4) is 0 Å². The second kappa shape index (κ2) is 27.7. The van der Waals surface area contributed by atoms with Gasteiger partial charge in [0.1, 0.15) is 16.9 Å². The number of hydrogen-bond donors (Lipinski definition) is 6. The molecule has 0 aliphatic carbocycles. The Kier molecular flexibility index (Phi) is 20.2. The van der Waals surface area contributed by atoms with E-state index in [-0.39, 0.29) is 66.7 Å². The first-order chi connectivity index (χ1) is 42.5. The van der Waals surface area contributed by atoms with E-state index in [1.54, 1.807) is 57.6 Å². The maximum Gasteiger partial charge on any atom is 0.216 e. The standard InChI is InChI=1S/2C19H22ClFN6O2S.C18H20ClFN6O2S/c1-11(2)30(28,29)27-5-3-4-13(10-27)25-19-16(21)9-24-18(26-19)15-8-23-17-14(15)6-12(20)7-22-17;1-2-6-30(28,29)27-5-3-4-13(11-27)25-19-16(21)10-24-18(26-19)15-9-23-17-14(15)7-12(20)8-22-17;1-2-29(27,28)26-5-3-4-12(10-26)24-18-15(20)9-23-17(25-18)14-8-22-16-13(14)6-11(19)7-21-16/h6-9,11,13H,3-5,10H2,1-2H3,(H,22,23)(H,24,25,26);7-10,13H,2-6,11H2,1H3,(H,22,23)(H,24,25,26);6-9,12H,2-5,10H2,1H3,(H,21,22)(H,23,24,25). The van der Waals surface area contributed by atoms with Gasteiger partial charge in [-0.1, -0.05) is 41.7 Å². The lowest BCUT2D eigenvalue weighted by Gasteiger charge is -2.33. The van der Waals surface area contributed by atoms with Crippen molar-refractivity contribution in [3.63, 3.8) is 0 Å². The number of rotatable bonds is 16. The zero-order valence-corrected chi connectivity index (χ0v) is 53.4. The van der Waals surface area contributed by atoms with Crippen molar-refractivity contribution in [1.29, 1.82) is 0 Å². The molecule has 3 atom stereocenters. The third-order valence-corrected chi connectivity index (χ3v) is 21.9. The van der Waals surface area contributed by atoms with Crippen LogP contribution in [0.5, 0.6) is 0 Å². The lowest BCUT2D eigenvalue weighted by atomic mass is 10.1. The molecule has 3 aliphatic rings. The Morgan fingerprint density at radius 3 is 1.19 bits per heavy atom. The SMILES string of the molecule is CC(C)S(=O)(=O)N1CCCC(Nc2nc(-c3c[nH]c4ncc(Cl)cc34)ncc2F)C1.CCCS(=O)(=O)N1CCCC(Nc2nc(-c3c[nH]c4ncc(Cl)cc34)ncc2F)C1.CCS(=O)(=O)N1CCCC(Nc2nc(-c3c[nH]c4ncc(Cl)cc34)ncc2F)C1. The van der Waals surface area contributed by atoms with Gasteiger partial charge in [0, 0.05) is 127 Å². The van der Waals surface area contributed by atoms with Gasteiger partial charge in [0.2, 0.25) is 30.1 Å². The molecule has 3 aliphatic heterocycles. The van der Waals surface area contributed by atoms with E-state index in [0.29, 0.717) is 111 Å². The van der Waals surface area contributed by atoms with Gasteiger partial charge in [-0.15, -0.1) is 0 Å². The largest absolute Gasteiger partial charge is 0.363 e. The summed E-state index contributed by atoms with van der Waals surface area (Å²) in [5.41, 5.74) is 3.82. The van der Waals surface area contributed by atoms with Gasteiger partial charge in [-0.3, -0.25) is 0 Å². The molecule has 12 heterocycles. The fraction of sp³-hybridized carbons (Fsp3) is 0.411. The summed E-state index contributed by atoms with van der Waals surface area (Å²) in [6, 6.07) is 4.51. The molecule has 6 N–H and O–H groups in total. The molecule has 3 saturated heterocycles. The number of anilines is 3. The van der Waals surface area contributed by atoms with Gasteiger partial charge in [-0.05, 0) is 83.9 Å². The Morgan fingerprint density at radius 2 is 0.854 bits per heavy atom. The minimum Gasteiger partial charge on any atom is -0.363 e. The number of nitrogens with zero attached hydrogens (tertiary/aromatic N) is 12. The van der Waals surface area contributed by atoms with E-state index in [1.807, 2.05) is 6.92 Å². The van der Waals surface area contributed by atoms with Gasteiger partial charge >= 0.3 is 0 Å². The normalized spacial score (nSPS) is 18.2. The highest BCUT2D eigenvalue weighted by molar-refractivity contribution is 7.89. The fourth-order valence-corrected chi connectivity index (χ4v) is 15.3. The zero-order chi connectivity index (χ0) is 63.4. The first kappa shape index (κ1) is 65.1. The van der Waals surface area contributed by atoms with Crippen LogP contribution in [0, 0.1) is 17.5 Å². The Labute approximate surface area is 526 Å². The highest BCUT2D eigenvalue weighted by Gasteiger charge is 2.33. The average Bonchev–Trinajstić information content (AvgIpc) is 2.40. The van der Waals surface area contributed by atoms with Crippen molar-refractivity contribution < 1.29 is 38.4 Å². The maximum atomic E-state index is 14.4. The molecule has 3 unspecified atom stereocenters. The van der Waals surface area contributed by atoms with Crippen LogP contribution in [-0.2, 0) is 30.1 Å². The number of hydrogen-bond acceptors (Lipinski definition) is 18. The second-order valence-corrected chi connectivity index (χ2v) is 29.9. The molecule has 0 spiro atoms. The van der Waals surface area contributed by atoms with E-state index in [9.17, 15) is 38.4 Å². The molecule has 3 fully saturated rings. The number of aromatic nitrogens is 12. The third kappa shape index (κ3) is 15.1. The van der Waals surface area contributed by atoms with Gasteiger partial charge in [0.05, 0.1) is 50.4 Å². The van der Waals surface area contributed by atoms with Gasteiger partial charge in [-0.2, -0.15) is 12.9 Å². The molecule has 474 valence electrons. The van der Waals surface area contributed by atoms with E-state index in [0.717, 1.165) is 54.0 Å². The smallest absolute Gasteiger partial charge is 0.216 e. The number of H-pyrrole nitrogens is 3. The van der Waals surface area contributed by atoms with Crippen molar-refractivity contribution >= 4 is 115 Å². The van der Waals surface area contributed by atoms with Crippen molar-refractivity contribution in [2.75, 3.05) is 66.7 Å². The molecule has 33 heteroatoms. The summed E-state index contributed by atoms with van der Waals surface area (Å²) in [6.45, 7) is 9.04. The molecule has 12 rings (SSSR count). The van der Waals surface area contributed by atoms with Gasteiger partial charge < -0.3 is 30.9 Å². The summed E-state index contributed by atoms with van der Waals surface area (Å²) in [7, 11) is -9.95. The van der Waals surface area contributed by atoms with E-state index in [1.165, 1.54) is 31.5 Å². The summed E-state index contributed by atoms with van der Waals surface area (Å²) in [6.07, 6.45) is 17.8. The molecular formula is C56H64Cl3F3N18O6S3. The van der Waals surface area contributed by atoms with E-state index in [4.69, 9.17) is 34.8 Å². The van der Waals surface area contributed by atoms with Crippen molar-refractivity contribution in [2.24, 2.45) is 0 Å². The van der Waals surface area contributed by atoms with E-state index in [2.05, 4.69) is 75.8 Å². The summed E-state index contributed by atoms with van der Waals surface area (Å²) < 4.78 is 122. The fourth-order valence-electron chi connectivity index (χ4n) is 10.6. The number of aromatic amines is 3. The van der Waals surface area contributed by atoms with Gasteiger partial charge in [0.25, 0.3) is 0 Å². The topological polar surface area (TPSA) is 312 Å². The van der Waals surface area contributed by atoms with E-state index >= 15 is 0 Å². The second-order valence-electron chi connectivity index (χ2n) is 21.8. The minimum atomic E-state index is -3.36. The monoisotopic (exact) mass is 1340 g/mol. The molecular weight excluding hydrogens is 1280 g/mol. The number of halogens is 6. The summed E-state index contributed by atoms with van der Waals surface area (Å²) in [4.78, 5) is 47.1. The maximum absolute atomic E-state index is 14.4. The van der Waals surface area contributed by atoms with Crippen LogP contribution in [-0.4, -0.2) is 172 Å². The van der Waals surface area contributed by atoms with Crippen LogP contribution in [0.4, 0.5) is 30.6 Å². The zero-order valence-electron chi connectivity index (χ0n) is 48.7. The van der Waals surface area contributed by atoms with Crippen LogP contribution in [0.1, 0.15) is 72.6 Å². The van der Waals surface area contributed by atoms with Gasteiger partial charge in [0.15, 0.2) is 52.4 Å². The van der Waals surface area contributed by atoms with Crippen LogP contribution >= 0.6 is 34.8 Å². The van der Waals surface area contributed by atoms with Crippen molar-refractivity contribution in [1.82, 2.24) is 72.7 Å². The summed E-state index contributed by atoms with van der Waals surface area (Å²) in [5.74, 6) is -0.550. The van der Waals surface area contributed by atoms with Crippen LogP contribution in [0.2, 0.25) is 15.1 Å². The Bertz CT molecular complexity index is 4380. The molecule has 0 radical (unpaired) electrons. The molecule has 9 aromatic rings. The predicted octanol–water partition coefficient (Wildman–Crippen LogP) is 9.89. The highest BCUT2D eigenvalue weighted by Crippen LogP contribution is 2.33. The molecule has 89 heavy (non-hydrogen) atoms. The van der Waals surface area contributed by atoms with Crippen molar-refractivity contribution in [3.8, 4) is 34.2 Å². The molecule has 9 aromatic heterocycles. The Balaban J connectivity index is 0.000000147. The number of nitrogens with one attached hydrogen (secondary N) is 6. The Hall–Kier alpha value is -6.90. The Morgan fingerprint density at radius 1 is 0.517 bits per heavy atom. The molecule has 0 bridgehead atoms. The van der Waals surface area contributed by atoms with Crippen LogP contribution in [0.25, 0.3) is 67.3 Å². The summed E-state index contributed by atoms with van der Waals surface area (Å²) >= 11 is 18.1. The van der Waals surface area contributed by atoms with Crippen molar-refractivity contribution in [2.45, 2.75) is 96.0 Å². The highest BCUT2D eigenvalue weighted by atomic mass is 35.5. The number of pyridine rings is 3. The molecule has 0 saturated carbocycles. The first-order valence-corrected chi connectivity index (χ1v) is 34.6. The summed E-state index contributed by atoms with van der Waals surface area (Å²) in [5, 5.41) is 12.3. The van der Waals surface area contributed by atoms with Crippen LogP contribution in [0.15, 0.2) is 74.0 Å². The molecule has 24 nitrogen and oxygen atoms in total. The lowest BCUT2D eigenvalue weighted by molar-refractivity contribution is 0.323. The van der Waals surface area contributed by atoms with Crippen LogP contribution < -0.4 is 16.0 Å². The minimum absolute atomic E-state index is 0.0399. The molecule has 0 amide bonds. The van der Waals surface area contributed by atoms with E-state index < -0.39 is 52.8 Å². The number of fused-ring (bicyclic) bond motifs is 3. The first-order valence-electron chi connectivity index (χ1n) is 28.7. The quantitative estimate of drug-likeness (QED) is 0.0524.